The Balaban J connectivity index is 2.74. The molecule has 0 N–H and O–H groups in total. The highest BCUT2D eigenvalue weighted by molar-refractivity contribution is 7.99. The Bertz CT molecular complexity index is 464. The lowest BCUT2D eigenvalue weighted by molar-refractivity contribution is 0.427. The van der Waals surface area contributed by atoms with Crippen LogP contribution >= 0.6 is 34.7 Å². The molecule has 2 rings (SSSR count). The molecular weight excluding hydrogens is 236 g/mol. The lowest BCUT2D eigenvalue weighted by Crippen LogP contribution is -1.73. The average Bonchev–Trinajstić information content (AvgIpc) is 2.63. The molecule has 0 aliphatic heterocycles. The highest BCUT2D eigenvalue weighted by atomic mass is 35.5. The molecule has 0 saturated carbocycles. The number of hydrogen-bond donors (Lipinski definition) is 0. The molecule has 1 aromatic carbocycles. The molecule has 0 unspecified atom stereocenters. The number of rotatable bonds is 2. The molecule has 0 spiro atoms. The van der Waals surface area contributed by atoms with Gasteiger partial charge in [0, 0.05) is 21.4 Å². The molecule has 0 aliphatic carbocycles. The van der Waals surface area contributed by atoms with Crippen molar-refractivity contribution in [2.45, 2.75) is 4.90 Å². The Kier molecular flexibility index (Phi) is 2.91. The van der Waals surface area contributed by atoms with Gasteiger partial charge >= 0.3 is 0 Å². The van der Waals surface area contributed by atoms with E-state index in [1.807, 2.05) is 18.2 Å². The molecule has 1 nitrogen and oxygen atoms in total. The Labute approximate surface area is 96.0 Å². The lowest BCUT2D eigenvalue weighted by atomic mass is 10.3. The maximum absolute atomic E-state index is 6.10. The summed E-state index contributed by atoms with van der Waals surface area (Å²) in [7, 11) is 1.68. The van der Waals surface area contributed by atoms with Gasteiger partial charge in [0.2, 0.25) is 0 Å². The number of benzene rings is 1. The van der Waals surface area contributed by atoms with Gasteiger partial charge in [-0.1, -0.05) is 22.9 Å². The van der Waals surface area contributed by atoms with Crippen molar-refractivity contribution in [1.29, 1.82) is 0 Å². The van der Waals surface area contributed by atoms with E-state index in [-0.39, 0.29) is 0 Å². The Hall–Kier alpha value is -0.380. The number of thiophene rings is 1. The van der Waals surface area contributed by atoms with Crippen molar-refractivity contribution in [2.75, 3.05) is 13.4 Å². The zero-order chi connectivity index (χ0) is 10.1. The number of methoxy groups -OCH3 is 1. The minimum Gasteiger partial charge on any atom is -0.487 e. The second kappa shape index (κ2) is 4.01. The van der Waals surface area contributed by atoms with Gasteiger partial charge < -0.3 is 4.74 Å². The molecule has 0 aliphatic rings. The molecular formula is C10H9ClOS2. The van der Waals surface area contributed by atoms with E-state index in [2.05, 4.69) is 6.26 Å². The second-order valence-corrected chi connectivity index (χ2v) is 5.03. The first kappa shape index (κ1) is 10.1. The van der Waals surface area contributed by atoms with Crippen LogP contribution in [0.4, 0.5) is 0 Å². The fraction of sp³-hybridized carbons (Fsp3) is 0.200. The van der Waals surface area contributed by atoms with Crippen LogP contribution in [0.3, 0.4) is 0 Å². The van der Waals surface area contributed by atoms with Crippen LogP contribution in [0.15, 0.2) is 23.1 Å². The topological polar surface area (TPSA) is 9.23 Å². The van der Waals surface area contributed by atoms with E-state index in [0.717, 1.165) is 15.5 Å². The minimum absolute atomic E-state index is 0.789. The fourth-order valence-corrected chi connectivity index (χ4v) is 3.36. The molecule has 2 aromatic rings. The van der Waals surface area contributed by atoms with Crippen molar-refractivity contribution in [3.05, 3.63) is 23.2 Å². The number of fused-ring (bicyclic) bond motifs is 1. The van der Waals surface area contributed by atoms with Gasteiger partial charge in [-0.15, -0.1) is 11.8 Å². The van der Waals surface area contributed by atoms with E-state index in [1.165, 1.54) is 9.60 Å². The fourth-order valence-electron chi connectivity index (χ4n) is 1.30. The number of thioether (sulfide) groups is 1. The normalized spacial score (nSPS) is 10.8. The van der Waals surface area contributed by atoms with Gasteiger partial charge in [0.1, 0.15) is 0 Å². The Morgan fingerprint density at radius 1 is 1.43 bits per heavy atom. The monoisotopic (exact) mass is 244 g/mol. The highest BCUT2D eigenvalue weighted by Crippen LogP contribution is 2.40. The molecule has 1 aromatic heterocycles. The first-order chi connectivity index (χ1) is 6.76. The summed E-state index contributed by atoms with van der Waals surface area (Å²) in [6.07, 6.45) is 2.06. The van der Waals surface area contributed by atoms with Crippen LogP contribution < -0.4 is 4.74 Å². The van der Waals surface area contributed by atoms with Gasteiger partial charge in [0.05, 0.1) is 11.8 Å². The minimum atomic E-state index is 0.789. The SMILES string of the molecule is COc1cc2c(Cl)ccc(SC)c2s1. The van der Waals surface area contributed by atoms with Crippen molar-refractivity contribution in [3.63, 3.8) is 0 Å². The third-order valence-corrected chi connectivity index (χ3v) is 4.36. The van der Waals surface area contributed by atoms with Crippen LogP contribution in [-0.4, -0.2) is 13.4 Å². The van der Waals surface area contributed by atoms with Crippen molar-refractivity contribution in [1.82, 2.24) is 0 Å². The van der Waals surface area contributed by atoms with E-state index in [9.17, 15) is 0 Å². The molecule has 1 heterocycles. The van der Waals surface area contributed by atoms with E-state index in [4.69, 9.17) is 16.3 Å². The van der Waals surface area contributed by atoms with Gasteiger partial charge in [0.15, 0.2) is 5.06 Å². The van der Waals surface area contributed by atoms with Crippen LogP contribution in [0.5, 0.6) is 5.06 Å². The van der Waals surface area contributed by atoms with Crippen molar-refractivity contribution < 1.29 is 4.74 Å². The summed E-state index contributed by atoms with van der Waals surface area (Å²) in [5.41, 5.74) is 0. The van der Waals surface area contributed by atoms with Crippen molar-refractivity contribution >= 4 is 44.8 Å². The quantitative estimate of drug-likeness (QED) is 0.729. The standard InChI is InChI=1S/C10H9ClOS2/c1-12-9-5-6-7(11)3-4-8(13-2)10(6)14-9/h3-5H,1-2H3. The molecule has 0 atom stereocenters. The third kappa shape index (κ3) is 1.60. The van der Waals surface area contributed by atoms with Crippen molar-refractivity contribution in [2.24, 2.45) is 0 Å². The summed E-state index contributed by atoms with van der Waals surface area (Å²) >= 11 is 9.46. The lowest BCUT2D eigenvalue weighted by Gasteiger charge is -1.98. The van der Waals surface area contributed by atoms with Gasteiger partial charge in [-0.25, -0.2) is 0 Å². The van der Waals surface area contributed by atoms with Crippen LogP contribution in [0.1, 0.15) is 0 Å². The summed E-state index contributed by atoms with van der Waals surface area (Å²) in [6.45, 7) is 0. The predicted molar refractivity (Wildman–Crippen MR) is 65.2 cm³/mol. The number of halogens is 1. The smallest absolute Gasteiger partial charge is 0.174 e. The number of ether oxygens (including phenoxy) is 1. The van der Waals surface area contributed by atoms with E-state index in [1.54, 1.807) is 30.2 Å². The van der Waals surface area contributed by atoms with Crippen LogP contribution in [-0.2, 0) is 0 Å². The largest absolute Gasteiger partial charge is 0.487 e. The molecule has 0 bridgehead atoms. The van der Waals surface area contributed by atoms with Crippen LogP contribution in [0, 0.1) is 0 Å². The van der Waals surface area contributed by atoms with Crippen molar-refractivity contribution in [3.8, 4) is 5.06 Å². The number of hydrogen-bond acceptors (Lipinski definition) is 3. The maximum atomic E-state index is 6.10. The average molecular weight is 245 g/mol. The summed E-state index contributed by atoms with van der Waals surface area (Å²) < 4.78 is 6.41. The summed E-state index contributed by atoms with van der Waals surface area (Å²) in [5.74, 6) is 0. The van der Waals surface area contributed by atoms with Gasteiger partial charge in [-0.05, 0) is 18.4 Å². The Morgan fingerprint density at radius 2 is 2.21 bits per heavy atom. The summed E-state index contributed by atoms with van der Waals surface area (Å²) in [6, 6.07) is 5.97. The molecule has 0 radical (unpaired) electrons. The molecule has 0 fully saturated rings. The third-order valence-electron chi connectivity index (χ3n) is 1.99. The van der Waals surface area contributed by atoms with Gasteiger partial charge in [-0.2, -0.15) is 0 Å². The van der Waals surface area contributed by atoms with E-state index in [0.29, 0.717) is 0 Å². The van der Waals surface area contributed by atoms with Gasteiger partial charge in [0.25, 0.3) is 0 Å². The summed E-state index contributed by atoms with van der Waals surface area (Å²) in [5, 5.41) is 2.78. The van der Waals surface area contributed by atoms with Crippen LogP contribution in [0.25, 0.3) is 10.1 Å². The maximum Gasteiger partial charge on any atom is 0.174 e. The highest BCUT2D eigenvalue weighted by Gasteiger charge is 2.09. The molecule has 0 amide bonds. The van der Waals surface area contributed by atoms with E-state index < -0.39 is 0 Å². The van der Waals surface area contributed by atoms with Crippen LogP contribution in [0.2, 0.25) is 5.02 Å². The predicted octanol–water partition coefficient (Wildman–Crippen LogP) is 4.29. The Morgan fingerprint density at radius 3 is 2.86 bits per heavy atom. The zero-order valence-electron chi connectivity index (χ0n) is 7.83. The molecule has 14 heavy (non-hydrogen) atoms. The summed E-state index contributed by atoms with van der Waals surface area (Å²) in [4.78, 5) is 1.25. The molecule has 4 heteroatoms. The molecule has 0 saturated heterocycles. The first-order valence-electron chi connectivity index (χ1n) is 4.06. The molecule has 74 valence electrons. The second-order valence-electron chi connectivity index (χ2n) is 2.76. The van der Waals surface area contributed by atoms with E-state index >= 15 is 0 Å². The zero-order valence-corrected chi connectivity index (χ0v) is 10.2. The first-order valence-corrected chi connectivity index (χ1v) is 6.48. The van der Waals surface area contributed by atoms with Gasteiger partial charge in [-0.3, -0.25) is 0 Å².